The fraction of sp³-hybridized carbons (Fsp3) is 0.211. The Morgan fingerprint density at radius 3 is 2.28 bits per heavy atom. The van der Waals surface area contributed by atoms with E-state index in [-0.39, 0.29) is 37.1 Å². The predicted octanol–water partition coefficient (Wildman–Crippen LogP) is 6.59. The summed E-state index contributed by atoms with van der Waals surface area (Å²) in [6.07, 6.45) is 3.69. The van der Waals surface area contributed by atoms with Crippen LogP contribution in [0.3, 0.4) is 0 Å². The Hall–Kier alpha value is -6.48. The van der Waals surface area contributed by atoms with Crippen molar-refractivity contribution in [2.45, 2.75) is 38.5 Å². The van der Waals surface area contributed by atoms with Gasteiger partial charge in [0.2, 0.25) is 0 Å². The lowest BCUT2D eigenvalue weighted by atomic mass is 10.0. The van der Waals surface area contributed by atoms with E-state index in [0.29, 0.717) is 35.4 Å². The zero-order valence-corrected chi connectivity index (χ0v) is 27.2. The molecule has 1 aliphatic rings. The summed E-state index contributed by atoms with van der Waals surface area (Å²) in [4.78, 5) is 50.4. The molecule has 3 amide bonds. The van der Waals surface area contributed by atoms with E-state index in [4.69, 9.17) is 9.47 Å². The first-order chi connectivity index (χ1) is 24.4. The fourth-order valence-electron chi connectivity index (χ4n) is 5.74. The quantitative estimate of drug-likeness (QED) is 0.149. The maximum absolute atomic E-state index is 13.9. The monoisotopic (exact) mass is 669 g/mol. The average Bonchev–Trinajstić information content (AvgIpc) is 3.14. The maximum atomic E-state index is 13.9. The van der Waals surface area contributed by atoms with Crippen LogP contribution in [0.4, 0.5) is 26.7 Å². The number of carbonyl (C=O) groups is 3. The van der Waals surface area contributed by atoms with E-state index in [0.717, 1.165) is 29.5 Å². The highest BCUT2D eigenvalue weighted by Gasteiger charge is 2.25. The molecule has 0 unspecified atom stereocenters. The van der Waals surface area contributed by atoms with Crippen LogP contribution in [0.1, 0.15) is 40.0 Å². The number of ether oxygens (including phenoxy) is 2. The molecule has 2 aromatic heterocycles. The lowest BCUT2D eigenvalue weighted by Crippen LogP contribution is -2.48. The summed E-state index contributed by atoms with van der Waals surface area (Å²) in [5.74, 6) is -0.582. The Balaban J connectivity index is 1.18. The van der Waals surface area contributed by atoms with Gasteiger partial charge in [-0.3, -0.25) is 15.1 Å². The van der Waals surface area contributed by atoms with Crippen molar-refractivity contribution in [3.8, 4) is 6.07 Å². The number of nitriles is 1. The summed E-state index contributed by atoms with van der Waals surface area (Å²) < 4.78 is 10.8. The summed E-state index contributed by atoms with van der Waals surface area (Å²) in [5.41, 5.74) is 4.20. The van der Waals surface area contributed by atoms with Crippen LogP contribution in [0.2, 0.25) is 0 Å². The van der Waals surface area contributed by atoms with Crippen LogP contribution in [0.5, 0.6) is 0 Å². The zero-order valence-electron chi connectivity index (χ0n) is 27.2. The first-order valence-electron chi connectivity index (χ1n) is 16.2. The number of carbonyl (C=O) groups excluding carboxylic acids is 3. The standard InChI is InChI=1S/C38H35N7O5/c39-17-15-26-13-14-29-21-32(44-38(48)50-25-28-10-5-2-6-11-28)35(42-31(29)20-26)36(46)43-33-22-40-18-16-34(33)45-19-7-12-30(23-45)41-37(47)49-24-27-8-3-1-4-9-27/h1-6,8-11,13-14,16,18,20-22,30H,7,12,15,19,23-25H2,(H,41,47)(H,43,46)(H,44,48)/t30-/m0/s1. The third kappa shape index (κ3) is 8.70. The minimum absolute atomic E-state index is 0.0439. The molecule has 1 atom stereocenters. The van der Waals surface area contributed by atoms with Crippen LogP contribution in [-0.4, -0.2) is 47.2 Å². The number of alkyl carbamates (subject to hydrolysis) is 1. The number of benzene rings is 3. The van der Waals surface area contributed by atoms with E-state index >= 15 is 0 Å². The van der Waals surface area contributed by atoms with Crippen LogP contribution in [-0.2, 0) is 29.1 Å². The van der Waals surface area contributed by atoms with Crippen LogP contribution >= 0.6 is 0 Å². The van der Waals surface area contributed by atoms with Crippen molar-refractivity contribution >= 4 is 46.1 Å². The van der Waals surface area contributed by atoms with Crippen molar-refractivity contribution in [1.29, 1.82) is 5.26 Å². The summed E-state index contributed by atoms with van der Waals surface area (Å²) in [5, 5.41) is 18.4. The molecule has 50 heavy (non-hydrogen) atoms. The highest BCUT2D eigenvalue weighted by Crippen LogP contribution is 2.30. The van der Waals surface area contributed by atoms with Gasteiger partial charge in [-0.2, -0.15) is 5.26 Å². The summed E-state index contributed by atoms with van der Waals surface area (Å²) in [6.45, 7) is 1.40. The molecule has 0 bridgehead atoms. The molecule has 3 N–H and O–H groups in total. The second-order valence-corrected chi connectivity index (χ2v) is 11.8. The molecule has 1 aliphatic heterocycles. The van der Waals surface area contributed by atoms with E-state index in [2.05, 4.69) is 36.9 Å². The van der Waals surface area contributed by atoms with Gasteiger partial charge in [0.15, 0.2) is 5.69 Å². The molecule has 3 heterocycles. The van der Waals surface area contributed by atoms with Crippen molar-refractivity contribution < 1.29 is 23.9 Å². The van der Waals surface area contributed by atoms with Gasteiger partial charge in [0.05, 0.1) is 41.3 Å². The number of hydrogen-bond acceptors (Lipinski definition) is 9. The number of nitrogens with one attached hydrogen (secondary N) is 3. The minimum Gasteiger partial charge on any atom is -0.445 e. The largest absolute Gasteiger partial charge is 0.445 e. The molecule has 5 aromatic rings. The van der Waals surface area contributed by atoms with Gasteiger partial charge in [-0.15, -0.1) is 0 Å². The molecule has 252 valence electrons. The summed E-state index contributed by atoms with van der Waals surface area (Å²) in [7, 11) is 0. The Morgan fingerprint density at radius 1 is 0.840 bits per heavy atom. The lowest BCUT2D eigenvalue weighted by Gasteiger charge is -2.35. The normalized spacial score (nSPS) is 13.9. The van der Waals surface area contributed by atoms with Gasteiger partial charge in [0.25, 0.3) is 5.91 Å². The van der Waals surface area contributed by atoms with Crippen molar-refractivity contribution in [3.63, 3.8) is 0 Å². The number of piperidine rings is 1. The number of amides is 3. The number of pyridine rings is 2. The van der Waals surface area contributed by atoms with Crippen LogP contribution < -0.4 is 20.9 Å². The van der Waals surface area contributed by atoms with Gasteiger partial charge in [-0.25, -0.2) is 14.6 Å². The minimum atomic E-state index is -0.749. The van der Waals surface area contributed by atoms with Crippen molar-refractivity contribution in [2.24, 2.45) is 0 Å². The first kappa shape index (κ1) is 33.4. The maximum Gasteiger partial charge on any atom is 0.412 e. The van der Waals surface area contributed by atoms with Gasteiger partial charge >= 0.3 is 12.2 Å². The molecular formula is C38H35N7O5. The molecule has 0 aliphatic carbocycles. The molecule has 1 fully saturated rings. The molecular weight excluding hydrogens is 634 g/mol. The average molecular weight is 670 g/mol. The van der Waals surface area contributed by atoms with Crippen molar-refractivity contribution in [2.75, 3.05) is 28.6 Å². The SMILES string of the molecule is N#CCc1ccc2cc(NC(=O)OCc3ccccc3)c(C(=O)Nc3cnccc3N3CCC[C@H](NC(=O)OCc4ccccc4)C3)nc2c1. The van der Waals surface area contributed by atoms with Crippen LogP contribution in [0.15, 0.2) is 103 Å². The smallest absolute Gasteiger partial charge is 0.412 e. The second-order valence-electron chi connectivity index (χ2n) is 11.8. The molecule has 0 saturated carbocycles. The molecule has 0 spiro atoms. The van der Waals surface area contributed by atoms with Crippen molar-refractivity contribution in [3.05, 3.63) is 126 Å². The molecule has 1 saturated heterocycles. The fourth-order valence-corrected chi connectivity index (χ4v) is 5.74. The third-order valence-corrected chi connectivity index (χ3v) is 8.17. The Morgan fingerprint density at radius 2 is 1.56 bits per heavy atom. The highest BCUT2D eigenvalue weighted by atomic mass is 16.6. The second kappa shape index (κ2) is 16.1. The Labute approximate surface area is 289 Å². The topological polar surface area (TPSA) is 159 Å². The lowest BCUT2D eigenvalue weighted by molar-refractivity contribution is 0.102. The van der Waals surface area contributed by atoms with E-state index < -0.39 is 18.1 Å². The Bertz CT molecular complexity index is 2020. The Kier molecular flexibility index (Phi) is 10.7. The highest BCUT2D eigenvalue weighted by molar-refractivity contribution is 6.11. The predicted molar refractivity (Wildman–Crippen MR) is 188 cm³/mol. The molecule has 12 nitrogen and oxygen atoms in total. The number of rotatable bonds is 10. The number of anilines is 3. The molecule has 12 heteroatoms. The number of nitrogens with zero attached hydrogens (tertiary/aromatic N) is 4. The summed E-state index contributed by atoms with van der Waals surface area (Å²) in [6, 6.07) is 29.5. The van der Waals surface area contributed by atoms with Gasteiger partial charge in [-0.05, 0) is 47.7 Å². The van der Waals surface area contributed by atoms with Crippen molar-refractivity contribution in [1.82, 2.24) is 15.3 Å². The third-order valence-electron chi connectivity index (χ3n) is 8.17. The van der Waals surface area contributed by atoms with E-state index in [1.807, 2.05) is 60.7 Å². The number of fused-ring (bicyclic) bond motifs is 1. The number of hydrogen-bond donors (Lipinski definition) is 3. The first-order valence-corrected chi connectivity index (χ1v) is 16.2. The zero-order chi connectivity index (χ0) is 34.7. The van der Waals surface area contributed by atoms with Crippen LogP contribution in [0.25, 0.3) is 10.9 Å². The molecule has 6 rings (SSSR count). The van der Waals surface area contributed by atoms with Gasteiger partial charge in [0, 0.05) is 30.7 Å². The summed E-state index contributed by atoms with van der Waals surface area (Å²) >= 11 is 0. The van der Waals surface area contributed by atoms with Gasteiger partial charge in [-0.1, -0.05) is 72.8 Å². The van der Waals surface area contributed by atoms with E-state index in [1.165, 1.54) is 0 Å². The van der Waals surface area contributed by atoms with Gasteiger partial charge < -0.3 is 25.0 Å². The number of aromatic nitrogens is 2. The van der Waals surface area contributed by atoms with Crippen LogP contribution in [0, 0.1) is 11.3 Å². The molecule has 0 radical (unpaired) electrons. The molecule has 3 aromatic carbocycles. The van der Waals surface area contributed by atoms with E-state index in [9.17, 15) is 19.6 Å². The van der Waals surface area contributed by atoms with Gasteiger partial charge in [0.1, 0.15) is 13.2 Å². The van der Waals surface area contributed by atoms with E-state index in [1.54, 1.807) is 42.7 Å².